The lowest BCUT2D eigenvalue weighted by Crippen LogP contribution is -2.33. The lowest BCUT2D eigenvalue weighted by Gasteiger charge is -2.24. The van der Waals surface area contributed by atoms with E-state index in [9.17, 15) is 5.11 Å². The highest BCUT2D eigenvalue weighted by Gasteiger charge is 2.15. The van der Waals surface area contributed by atoms with Gasteiger partial charge in [-0.25, -0.2) is 0 Å². The van der Waals surface area contributed by atoms with Gasteiger partial charge in [0.2, 0.25) is 0 Å². The largest absolute Gasteiger partial charge is 0.398 e. The van der Waals surface area contributed by atoms with Crippen LogP contribution in [0.4, 0.5) is 5.69 Å². The highest BCUT2D eigenvalue weighted by Crippen LogP contribution is 2.20. The Morgan fingerprint density at radius 3 is 2.68 bits per heavy atom. The average molecular weight is 263 g/mol. The summed E-state index contributed by atoms with van der Waals surface area (Å²) in [5.74, 6) is 0. The van der Waals surface area contributed by atoms with E-state index in [2.05, 4.69) is 16.8 Å². The zero-order chi connectivity index (χ0) is 13.7. The van der Waals surface area contributed by atoms with E-state index in [0.717, 1.165) is 18.7 Å². The van der Waals surface area contributed by atoms with Crippen LogP contribution < -0.4 is 5.73 Å². The predicted molar refractivity (Wildman–Crippen MR) is 79.0 cm³/mol. The first-order chi connectivity index (χ1) is 9.16. The van der Waals surface area contributed by atoms with Crippen LogP contribution in [0.15, 0.2) is 24.3 Å². The van der Waals surface area contributed by atoms with Gasteiger partial charge in [-0.3, -0.25) is 0 Å². The second kappa shape index (κ2) is 6.89. The summed E-state index contributed by atoms with van der Waals surface area (Å²) in [6.07, 6.45) is 2.14. The molecule has 0 aromatic heterocycles. The summed E-state index contributed by atoms with van der Waals surface area (Å²) in [6, 6.07) is 7.54. The van der Waals surface area contributed by atoms with Gasteiger partial charge >= 0.3 is 0 Å². The lowest BCUT2D eigenvalue weighted by atomic mass is 10.1. The smallest absolute Gasteiger partial charge is 0.0936 e. The first-order valence-corrected chi connectivity index (χ1v) is 7.10. The predicted octanol–water partition coefficient (Wildman–Crippen LogP) is 1.33. The third kappa shape index (κ3) is 4.20. The molecule has 0 radical (unpaired) electrons. The van der Waals surface area contributed by atoms with Gasteiger partial charge in [0.25, 0.3) is 0 Å². The van der Waals surface area contributed by atoms with Crippen LogP contribution in [-0.4, -0.2) is 54.7 Å². The Labute approximate surface area is 115 Å². The molecule has 1 atom stereocenters. The third-order valence-electron chi connectivity index (χ3n) is 3.84. The fourth-order valence-electron chi connectivity index (χ4n) is 2.62. The fraction of sp³-hybridized carbons (Fsp3) is 0.600. The monoisotopic (exact) mass is 263 g/mol. The number of para-hydroxylation sites is 1. The van der Waals surface area contributed by atoms with Gasteiger partial charge in [0.1, 0.15) is 0 Å². The van der Waals surface area contributed by atoms with Crippen molar-refractivity contribution in [3.05, 3.63) is 29.8 Å². The molecule has 1 aromatic rings. The molecule has 1 fully saturated rings. The molecule has 4 nitrogen and oxygen atoms in total. The topological polar surface area (TPSA) is 52.7 Å². The van der Waals surface area contributed by atoms with Gasteiger partial charge in [-0.1, -0.05) is 18.2 Å². The highest BCUT2D eigenvalue weighted by molar-refractivity contribution is 5.47. The maximum Gasteiger partial charge on any atom is 0.0936 e. The Kier molecular flexibility index (Phi) is 5.19. The molecule has 0 amide bonds. The Morgan fingerprint density at radius 1 is 1.32 bits per heavy atom. The number of nitrogen functional groups attached to an aromatic ring is 1. The number of hydrogen-bond acceptors (Lipinski definition) is 4. The van der Waals surface area contributed by atoms with Gasteiger partial charge in [0, 0.05) is 30.9 Å². The third-order valence-corrected chi connectivity index (χ3v) is 3.84. The molecule has 0 aliphatic carbocycles. The minimum Gasteiger partial charge on any atom is -0.398 e. The van der Waals surface area contributed by atoms with E-state index in [0.29, 0.717) is 12.2 Å². The molecule has 2 rings (SSSR count). The number of anilines is 1. The van der Waals surface area contributed by atoms with Gasteiger partial charge in [0.05, 0.1) is 6.10 Å². The molecule has 106 valence electrons. The Morgan fingerprint density at radius 2 is 2.00 bits per heavy atom. The van der Waals surface area contributed by atoms with Crippen molar-refractivity contribution in [1.82, 2.24) is 9.80 Å². The van der Waals surface area contributed by atoms with Crippen LogP contribution in [0, 0.1) is 0 Å². The van der Waals surface area contributed by atoms with Crippen molar-refractivity contribution in [2.45, 2.75) is 18.9 Å². The van der Waals surface area contributed by atoms with Crippen LogP contribution in [0.25, 0.3) is 0 Å². The highest BCUT2D eigenvalue weighted by atomic mass is 16.3. The zero-order valence-corrected chi connectivity index (χ0v) is 11.8. The van der Waals surface area contributed by atoms with Gasteiger partial charge in [-0.2, -0.15) is 0 Å². The van der Waals surface area contributed by atoms with Crippen molar-refractivity contribution < 1.29 is 5.11 Å². The molecule has 1 saturated heterocycles. The fourth-order valence-corrected chi connectivity index (χ4v) is 2.62. The maximum atomic E-state index is 10.2. The van der Waals surface area contributed by atoms with Crippen LogP contribution in [0.3, 0.4) is 0 Å². The minimum atomic E-state index is -0.509. The number of rotatable bonds is 6. The first-order valence-electron chi connectivity index (χ1n) is 7.10. The Bertz CT molecular complexity index is 391. The molecule has 1 heterocycles. The molecular weight excluding hydrogens is 238 g/mol. The van der Waals surface area contributed by atoms with Crippen molar-refractivity contribution >= 4 is 5.69 Å². The van der Waals surface area contributed by atoms with Gasteiger partial charge in [-0.05, 0) is 39.0 Å². The van der Waals surface area contributed by atoms with Crippen molar-refractivity contribution in [3.63, 3.8) is 0 Å². The number of aliphatic hydroxyl groups is 1. The van der Waals surface area contributed by atoms with Crippen molar-refractivity contribution in [2.24, 2.45) is 0 Å². The Hall–Kier alpha value is -1.10. The van der Waals surface area contributed by atoms with E-state index in [-0.39, 0.29) is 0 Å². The van der Waals surface area contributed by atoms with E-state index in [1.165, 1.54) is 25.9 Å². The van der Waals surface area contributed by atoms with Gasteiger partial charge in [-0.15, -0.1) is 0 Å². The normalized spacial score (nSPS) is 18.1. The number of likely N-dealkylation sites (N-methyl/N-ethyl adjacent to an activating group) is 1. The van der Waals surface area contributed by atoms with Crippen molar-refractivity contribution in [1.29, 1.82) is 0 Å². The summed E-state index contributed by atoms with van der Waals surface area (Å²) in [6.45, 7) is 5.16. The SMILES string of the molecule is CN(CCN1CCCC1)CC(O)c1ccccc1N. The molecule has 0 spiro atoms. The first kappa shape index (κ1) is 14.3. The van der Waals surface area contributed by atoms with Crippen molar-refractivity contribution in [2.75, 3.05) is 45.5 Å². The van der Waals surface area contributed by atoms with Crippen LogP contribution in [-0.2, 0) is 0 Å². The number of likely N-dealkylation sites (tertiary alicyclic amines) is 1. The molecule has 1 aliphatic heterocycles. The van der Waals surface area contributed by atoms with E-state index in [1.54, 1.807) is 0 Å². The number of benzene rings is 1. The average Bonchev–Trinajstić information content (AvgIpc) is 2.90. The summed E-state index contributed by atoms with van der Waals surface area (Å²) < 4.78 is 0. The van der Waals surface area contributed by atoms with E-state index < -0.39 is 6.10 Å². The summed E-state index contributed by atoms with van der Waals surface area (Å²) in [5.41, 5.74) is 7.38. The summed E-state index contributed by atoms with van der Waals surface area (Å²) in [5, 5.41) is 10.2. The molecule has 19 heavy (non-hydrogen) atoms. The molecule has 1 aliphatic rings. The van der Waals surface area contributed by atoms with E-state index in [4.69, 9.17) is 5.73 Å². The maximum absolute atomic E-state index is 10.2. The second-order valence-corrected chi connectivity index (χ2v) is 5.46. The van der Waals surface area contributed by atoms with Gasteiger partial charge < -0.3 is 20.6 Å². The Balaban J connectivity index is 1.78. The quantitative estimate of drug-likeness (QED) is 0.760. The number of hydrogen-bond donors (Lipinski definition) is 2. The zero-order valence-electron chi connectivity index (χ0n) is 11.8. The lowest BCUT2D eigenvalue weighted by molar-refractivity contribution is 0.121. The molecule has 4 heteroatoms. The van der Waals surface area contributed by atoms with Crippen molar-refractivity contribution in [3.8, 4) is 0 Å². The standard InChI is InChI=1S/C15H25N3O/c1-17(10-11-18-8-4-5-9-18)12-15(19)13-6-2-3-7-14(13)16/h2-3,6-7,15,19H,4-5,8-12,16H2,1H3. The minimum absolute atomic E-state index is 0.509. The van der Waals surface area contributed by atoms with Crippen LogP contribution in [0.1, 0.15) is 24.5 Å². The number of aliphatic hydroxyl groups excluding tert-OH is 1. The van der Waals surface area contributed by atoms with Crippen LogP contribution >= 0.6 is 0 Å². The van der Waals surface area contributed by atoms with E-state index in [1.807, 2.05) is 24.3 Å². The summed E-state index contributed by atoms with van der Waals surface area (Å²) in [4.78, 5) is 4.66. The number of nitrogens with zero attached hydrogens (tertiary/aromatic N) is 2. The van der Waals surface area contributed by atoms with Crippen LogP contribution in [0.2, 0.25) is 0 Å². The van der Waals surface area contributed by atoms with Gasteiger partial charge in [0.15, 0.2) is 0 Å². The molecule has 3 N–H and O–H groups in total. The summed E-state index contributed by atoms with van der Waals surface area (Å²) >= 11 is 0. The summed E-state index contributed by atoms with van der Waals surface area (Å²) in [7, 11) is 2.05. The molecule has 0 saturated carbocycles. The van der Waals surface area contributed by atoms with E-state index >= 15 is 0 Å². The molecule has 1 unspecified atom stereocenters. The second-order valence-electron chi connectivity index (χ2n) is 5.46. The molecule has 1 aromatic carbocycles. The van der Waals surface area contributed by atoms with Crippen LogP contribution in [0.5, 0.6) is 0 Å². The molecule has 0 bridgehead atoms. The number of nitrogens with two attached hydrogens (primary N) is 1. The molecular formula is C15H25N3O.